The van der Waals surface area contributed by atoms with Gasteiger partial charge in [0, 0.05) is 10.9 Å². The summed E-state index contributed by atoms with van der Waals surface area (Å²) in [6.07, 6.45) is 5.17. The summed E-state index contributed by atoms with van der Waals surface area (Å²) >= 11 is 1.25. The molecule has 1 heterocycles. The van der Waals surface area contributed by atoms with Gasteiger partial charge in [-0.3, -0.25) is 9.59 Å². The number of nitrogens with one attached hydrogen (secondary N) is 1. The smallest absolute Gasteiger partial charge is 0.342 e. The number of ether oxygens (including phenoxy) is 1. The molecule has 0 unspecified atom stereocenters. The van der Waals surface area contributed by atoms with Crippen molar-refractivity contribution in [2.45, 2.75) is 32.8 Å². The van der Waals surface area contributed by atoms with Crippen molar-refractivity contribution in [3.63, 3.8) is 0 Å². The Hall–Kier alpha value is -2.93. The lowest BCUT2D eigenvalue weighted by Crippen LogP contribution is -2.47. The number of thiophene rings is 1. The van der Waals surface area contributed by atoms with E-state index in [4.69, 9.17) is 4.74 Å². The van der Waals surface area contributed by atoms with Crippen LogP contribution in [0, 0.1) is 23.7 Å². The summed E-state index contributed by atoms with van der Waals surface area (Å²) in [6, 6.07) is 9.44. The monoisotopic (exact) mass is 439 g/mol. The average Bonchev–Trinajstić information content (AvgIpc) is 3.17. The first-order valence-electron chi connectivity index (χ1n) is 10.5. The van der Waals surface area contributed by atoms with Crippen molar-refractivity contribution in [1.82, 2.24) is 0 Å². The largest absolute Gasteiger partial charge is 0.481 e. The maximum absolute atomic E-state index is 13.3. The standard InChI is InChI=1S/C24H25NO5S/c1-13(2)30-24(29)20-17(14-6-4-3-5-7-14)12-31-22(20)25-21(26)18-15-8-10-16(11-9-15)19(18)23(27)28/h3-8,10,12-13,15-16,18-19H,9,11H2,1-2H3,(H,25,26)(H,27,28)/t15-,16-,18-,19+/m0/s1. The summed E-state index contributed by atoms with van der Waals surface area (Å²) in [6.45, 7) is 3.54. The minimum Gasteiger partial charge on any atom is -0.481 e. The maximum Gasteiger partial charge on any atom is 0.342 e. The van der Waals surface area contributed by atoms with Gasteiger partial charge in [0.2, 0.25) is 5.91 Å². The van der Waals surface area contributed by atoms with Crippen LogP contribution in [0.25, 0.3) is 11.1 Å². The third-order valence-corrected chi connectivity index (χ3v) is 6.89. The molecule has 31 heavy (non-hydrogen) atoms. The van der Waals surface area contributed by atoms with Crippen LogP contribution < -0.4 is 5.32 Å². The van der Waals surface area contributed by atoms with Gasteiger partial charge >= 0.3 is 11.9 Å². The number of esters is 1. The summed E-state index contributed by atoms with van der Waals surface area (Å²) in [5.41, 5.74) is 1.84. The first kappa shape index (κ1) is 21.3. The van der Waals surface area contributed by atoms with Gasteiger partial charge in [0.15, 0.2) is 0 Å². The average molecular weight is 440 g/mol. The number of hydrogen-bond donors (Lipinski definition) is 2. The number of carboxylic acids is 1. The molecule has 2 bridgehead atoms. The topological polar surface area (TPSA) is 92.7 Å². The summed E-state index contributed by atoms with van der Waals surface area (Å²) in [7, 11) is 0. The van der Waals surface area contributed by atoms with Crippen molar-refractivity contribution in [3.05, 3.63) is 53.4 Å². The molecule has 3 aliphatic carbocycles. The minimum atomic E-state index is -0.949. The molecule has 5 rings (SSSR count). The van der Waals surface area contributed by atoms with Gasteiger partial charge in [-0.1, -0.05) is 42.5 Å². The van der Waals surface area contributed by atoms with Crippen LogP contribution in [0.1, 0.15) is 37.0 Å². The molecule has 0 saturated heterocycles. The van der Waals surface area contributed by atoms with Crippen LogP contribution in [0.2, 0.25) is 0 Å². The van der Waals surface area contributed by atoms with Gasteiger partial charge in [-0.2, -0.15) is 0 Å². The van der Waals surface area contributed by atoms with E-state index in [0.29, 0.717) is 16.1 Å². The van der Waals surface area contributed by atoms with E-state index in [1.807, 2.05) is 47.9 Å². The van der Waals surface area contributed by atoms with Crippen LogP contribution >= 0.6 is 11.3 Å². The highest BCUT2D eigenvalue weighted by Gasteiger charge is 2.48. The summed E-state index contributed by atoms with van der Waals surface area (Å²) in [5, 5.41) is 14.8. The van der Waals surface area contributed by atoms with Crippen LogP contribution in [-0.4, -0.2) is 29.1 Å². The zero-order chi connectivity index (χ0) is 22.1. The van der Waals surface area contributed by atoms with Crippen LogP contribution in [0.4, 0.5) is 5.00 Å². The molecule has 1 aromatic carbocycles. The molecule has 0 aliphatic heterocycles. The second-order valence-electron chi connectivity index (χ2n) is 8.34. The molecule has 0 spiro atoms. The molecule has 6 nitrogen and oxygen atoms in total. The van der Waals surface area contributed by atoms with Crippen molar-refractivity contribution in [2.75, 3.05) is 5.32 Å². The number of fused-ring (bicyclic) bond motifs is 2. The molecule has 1 saturated carbocycles. The quantitative estimate of drug-likeness (QED) is 0.497. The molecule has 7 heteroatoms. The lowest BCUT2D eigenvalue weighted by atomic mass is 9.62. The number of hydrogen-bond acceptors (Lipinski definition) is 5. The number of carboxylic acid groups (broad SMARTS) is 1. The van der Waals surface area contributed by atoms with Gasteiger partial charge in [-0.15, -0.1) is 11.3 Å². The molecule has 3 aliphatic rings. The van der Waals surface area contributed by atoms with E-state index in [0.717, 1.165) is 18.4 Å². The zero-order valence-electron chi connectivity index (χ0n) is 17.4. The Labute approximate surface area is 184 Å². The first-order chi connectivity index (χ1) is 14.9. The highest BCUT2D eigenvalue weighted by molar-refractivity contribution is 7.15. The number of carbonyl (C=O) groups excluding carboxylic acids is 2. The number of allylic oxidation sites excluding steroid dienone is 2. The van der Waals surface area contributed by atoms with Gasteiger partial charge in [0.05, 0.1) is 17.9 Å². The first-order valence-corrected chi connectivity index (χ1v) is 11.3. The van der Waals surface area contributed by atoms with E-state index < -0.39 is 23.8 Å². The van der Waals surface area contributed by atoms with Gasteiger partial charge < -0.3 is 15.2 Å². The van der Waals surface area contributed by atoms with Crippen molar-refractivity contribution in [2.24, 2.45) is 23.7 Å². The Morgan fingerprint density at radius 2 is 1.71 bits per heavy atom. The van der Waals surface area contributed by atoms with E-state index in [1.54, 1.807) is 13.8 Å². The normalized spacial score (nSPS) is 24.2. The molecular weight excluding hydrogens is 414 g/mol. The van der Waals surface area contributed by atoms with Crippen LogP contribution in [-0.2, 0) is 14.3 Å². The fourth-order valence-electron chi connectivity index (χ4n) is 4.64. The van der Waals surface area contributed by atoms with Crippen LogP contribution in [0.5, 0.6) is 0 Å². The number of rotatable bonds is 6. The molecular formula is C24H25NO5S. The predicted octanol–water partition coefficient (Wildman–Crippen LogP) is 4.83. The summed E-state index contributed by atoms with van der Waals surface area (Å²) < 4.78 is 5.44. The van der Waals surface area contributed by atoms with Crippen LogP contribution in [0.15, 0.2) is 47.9 Å². The van der Waals surface area contributed by atoms with Gasteiger partial charge in [-0.25, -0.2) is 4.79 Å². The molecule has 1 amide bonds. The molecule has 0 radical (unpaired) electrons. The summed E-state index contributed by atoms with van der Waals surface area (Å²) in [4.78, 5) is 38.1. The van der Waals surface area contributed by atoms with Crippen molar-refractivity contribution in [3.8, 4) is 11.1 Å². The number of amides is 1. The Morgan fingerprint density at radius 3 is 2.29 bits per heavy atom. The molecule has 4 atom stereocenters. The SMILES string of the molecule is CC(C)OC(=O)c1c(-c2ccccc2)csc1NC(=O)[C@@H]1[C@H](C(=O)O)[C@H]2C=C[C@H]1CC2. The van der Waals surface area contributed by atoms with E-state index in [1.165, 1.54) is 11.3 Å². The third kappa shape index (κ3) is 4.14. The molecule has 2 N–H and O–H groups in total. The fourth-order valence-corrected chi connectivity index (χ4v) is 5.60. The second kappa shape index (κ2) is 8.67. The van der Waals surface area contributed by atoms with E-state index in [9.17, 15) is 19.5 Å². The molecule has 2 aromatic rings. The fraction of sp³-hybridized carbons (Fsp3) is 0.375. The van der Waals surface area contributed by atoms with E-state index >= 15 is 0 Å². The third-order valence-electron chi connectivity index (χ3n) is 6.00. The Morgan fingerprint density at radius 1 is 1.06 bits per heavy atom. The highest BCUT2D eigenvalue weighted by atomic mass is 32.1. The molecule has 1 fully saturated rings. The maximum atomic E-state index is 13.3. The minimum absolute atomic E-state index is 0.106. The Kier molecular flexibility index (Phi) is 5.96. The molecule has 1 aromatic heterocycles. The second-order valence-corrected chi connectivity index (χ2v) is 9.22. The Balaban J connectivity index is 1.67. The summed E-state index contributed by atoms with van der Waals surface area (Å²) in [5.74, 6) is -3.45. The predicted molar refractivity (Wildman–Crippen MR) is 119 cm³/mol. The number of aliphatic carboxylic acids is 1. The van der Waals surface area contributed by atoms with Crippen LogP contribution in [0.3, 0.4) is 0 Å². The Bertz CT molecular complexity index is 1030. The van der Waals surface area contributed by atoms with Gasteiger partial charge in [0.25, 0.3) is 0 Å². The van der Waals surface area contributed by atoms with Crippen molar-refractivity contribution in [1.29, 1.82) is 0 Å². The van der Waals surface area contributed by atoms with Crippen molar-refractivity contribution >= 4 is 34.2 Å². The molecule has 162 valence electrons. The number of anilines is 1. The van der Waals surface area contributed by atoms with E-state index in [-0.39, 0.29) is 23.8 Å². The van der Waals surface area contributed by atoms with Gasteiger partial charge in [-0.05, 0) is 44.1 Å². The van der Waals surface area contributed by atoms with Crippen molar-refractivity contribution < 1.29 is 24.2 Å². The lowest BCUT2D eigenvalue weighted by molar-refractivity contribution is -0.151. The lowest BCUT2D eigenvalue weighted by Gasteiger charge is -2.41. The highest BCUT2D eigenvalue weighted by Crippen LogP contribution is 2.46. The van der Waals surface area contributed by atoms with Gasteiger partial charge in [0.1, 0.15) is 10.6 Å². The zero-order valence-corrected chi connectivity index (χ0v) is 18.2. The number of carbonyl (C=O) groups is 3. The van der Waals surface area contributed by atoms with E-state index in [2.05, 4.69) is 5.32 Å². The number of benzene rings is 1.